The number of hydrogen-bond donors (Lipinski definition) is 0. The molecule has 0 saturated heterocycles. The molecule has 150 valence electrons. The van der Waals surface area contributed by atoms with E-state index in [0.29, 0.717) is 11.1 Å². The summed E-state index contributed by atoms with van der Waals surface area (Å²) in [4.78, 5) is 0. The second-order valence-corrected chi connectivity index (χ2v) is 15.5. The van der Waals surface area contributed by atoms with Crippen molar-refractivity contribution in [1.29, 1.82) is 0 Å². The highest BCUT2D eigenvalue weighted by atomic mass is 28.3. The molecule has 0 radical (unpaired) electrons. The summed E-state index contributed by atoms with van der Waals surface area (Å²) in [5.41, 5.74) is 11.4. The molecule has 1 heteroatoms. The van der Waals surface area contributed by atoms with Gasteiger partial charge in [0.25, 0.3) is 0 Å². The summed E-state index contributed by atoms with van der Waals surface area (Å²) in [6, 6.07) is 16.2. The summed E-state index contributed by atoms with van der Waals surface area (Å²) in [6.07, 6.45) is 9.72. The number of benzene rings is 2. The van der Waals surface area contributed by atoms with Crippen LogP contribution in [0.25, 0.3) is 17.2 Å². The Morgan fingerprint density at radius 2 is 1.59 bits per heavy atom. The fourth-order valence-electron chi connectivity index (χ4n) is 5.25. The van der Waals surface area contributed by atoms with E-state index in [2.05, 4.69) is 114 Å². The molecule has 2 aliphatic carbocycles. The molecule has 0 bridgehead atoms. The van der Waals surface area contributed by atoms with Crippen LogP contribution >= 0.6 is 0 Å². The molecule has 2 aromatic carbocycles. The van der Waals surface area contributed by atoms with Gasteiger partial charge in [0.05, 0.1) is 8.07 Å². The van der Waals surface area contributed by atoms with Crippen molar-refractivity contribution in [2.75, 3.05) is 0 Å². The smallest absolute Gasteiger partial charge is 0.0710 e. The highest BCUT2D eigenvalue weighted by molar-refractivity contribution is 6.82. The summed E-state index contributed by atoms with van der Waals surface area (Å²) in [7, 11) is -1.58. The normalized spacial score (nSPS) is 21.2. The quantitative estimate of drug-likeness (QED) is 0.456. The van der Waals surface area contributed by atoms with Gasteiger partial charge in [-0.15, -0.1) is 0 Å². The molecule has 2 aliphatic rings. The maximum atomic E-state index is 2.57. The largest absolute Gasteiger partial charge is 0.0800 e. The van der Waals surface area contributed by atoms with Crippen LogP contribution in [0.3, 0.4) is 0 Å². The maximum absolute atomic E-state index is 2.57. The number of hydrogen-bond acceptors (Lipinski definition) is 0. The minimum atomic E-state index is -1.58. The standard InChI is InChI=1S/C28H34Si/c1-19-11-16-23(17-19)29(6,7)27-20(2)18-26-24(9-8-10-25(26)27)21-12-14-22(15-13-21)28(3,4)5/h8-18,23,27H,1-7H3. The Kier molecular flexibility index (Phi) is 4.86. The fourth-order valence-corrected chi connectivity index (χ4v) is 9.23. The molecule has 2 atom stereocenters. The van der Waals surface area contributed by atoms with E-state index in [-0.39, 0.29) is 5.41 Å². The van der Waals surface area contributed by atoms with E-state index in [9.17, 15) is 0 Å². The molecule has 0 heterocycles. The van der Waals surface area contributed by atoms with Crippen LogP contribution in [0.15, 0.2) is 71.8 Å². The molecule has 2 unspecified atom stereocenters. The van der Waals surface area contributed by atoms with Crippen LogP contribution in [-0.2, 0) is 5.41 Å². The maximum Gasteiger partial charge on any atom is 0.0710 e. The Hall–Kier alpha value is -2.12. The van der Waals surface area contributed by atoms with Crippen molar-refractivity contribution < 1.29 is 0 Å². The molecule has 0 fully saturated rings. The molecule has 29 heavy (non-hydrogen) atoms. The van der Waals surface area contributed by atoms with Gasteiger partial charge in [0.15, 0.2) is 0 Å². The average Bonchev–Trinajstić information content (AvgIpc) is 3.24. The summed E-state index contributed by atoms with van der Waals surface area (Å²) in [5, 5.41) is 0. The van der Waals surface area contributed by atoms with Crippen LogP contribution in [0.4, 0.5) is 0 Å². The third kappa shape index (κ3) is 3.50. The topological polar surface area (TPSA) is 0 Å². The van der Waals surface area contributed by atoms with Gasteiger partial charge in [-0.1, -0.05) is 112 Å². The van der Waals surface area contributed by atoms with Crippen molar-refractivity contribution in [3.63, 3.8) is 0 Å². The van der Waals surface area contributed by atoms with E-state index in [4.69, 9.17) is 0 Å². The van der Waals surface area contributed by atoms with E-state index >= 15 is 0 Å². The van der Waals surface area contributed by atoms with Crippen LogP contribution in [0.1, 0.15) is 56.9 Å². The zero-order valence-electron chi connectivity index (χ0n) is 19.0. The number of allylic oxidation sites excluding steroid dienone is 5. The van der Waals surface area contributed by atoms with E-state index in [0.717, 1.165) is 0 Å². The van der Waals surface area contributed by atoms with Crippen molar-refractivity contribution in [3.8, 4) is 11.1 Å². The minimum absolute atomic E-state index is 0.189. The first kappa shape index (κ1) is 20.2. The molecule has 0 N–H and O–H groups in total. The van der Waals surface area contributed by atoms with Gasteiger partial charge in [-0.05, 0) is 52.6 Å². The fraction of sp³-hybridized carbons (Fsp3) is 0.357. The third-order valence-corrected chi connectivity index (χ3v) is 11.3. The van der Waals surface area contributed by atoms with E-state index in [1.54, 1.807) is 11.1 Å². The molecule has 0 nitrogen and oxygen atoms in total. The predicted octanol–water partition coefficient (Wildman–Crippen LogP) is 8.29. The van der Waals surface area contributed by atoms with Gasteiger partial charge in [0.1, 0.15) is 0 Å². The van der Waals surface area contributed by atoms with Gasteiger partial charge in [0, 0.05) is 5.54 Å². The zero-order chi connectivity index (χ0) is 21.0. The monoisotopic (exact) mass is 398 g/mol. The van der Waals surface area contributed by atoms with Crippen molar-refractivity contribution in [1.82, 2.24) is 0 Å². The molecular weight excluding hydrogens is 364 g/mol. The Morgan fingerprint density at radius 1 is 0.897 bits per heavy atom. The van der Waals surface area contributed by atoms with Crippen LogP contribution in [0.2, 0.25) is 18.6 Å². The van der Waals surface area contributed by atoms with Crippen molar-refractivity contribution >= 4 is 14.1 Å². The second-order valence-electron chi connectivity index (χ2n) is 10.6. The van der Waals surface area contributed by atoms with E-state index in [1.807, 2.05) is 0 Å². The highest BCUT2D eigenvalue weighted by Gasteiger charge is 2.42. The highest BCUT2D eigenvalue weighted by Crippen LogP contribution is 2.50. The molecule has 0 aromatic heterocycles. The van der Waals surface area contributed by atoms with Crippen LogP contribution in [-0.4, -0.2) is 8.07 Å². The average molecular weight is 399 g/mol. The molecule has 0 saturated carbocycles. The molecule has 0 spiro atoms. The van der Waals surface area contributed by atoms with Crippen molar-refractivity contribution in [3.05, 3.63) is 88.5 Å². The van der Waals surface area contributed by atoms with Crippen LogP contribution in [0.5, 0.6) is 0 Å². The first-order chi connectivity index (χ1) is 13.6. The first-order valence-corrected chi connectivity index (χ1v) is 14.0. The lowest BCUT2D eigenvalue weighted by molar-refractivity contribution is 0.590. The van der Waals surface area contributed by atoms with E-state index in [1.165, 1.54) is 27.8 Å². The summed E-state index contributed by atoms with van der Waals surface area (Å²) >= 11 is 0. The lowest BCUT2D eigenvalue weighted by Gasteiger charge is -2.36. The lowest BCUT2D eigenvalue weighted by Crippen LogP contribution is -2.38. The summed E-state index contributed by atoms with van der Waals surface area (Å²) in [6.45, 7) is 16.5. The van der Waals surface area contributed by atoms with Crippen molar-refractivity contribution in [2.45, 2.75) is 64.2 Å². The Labute approximate surface area is 178 Å². The molecule has 0 amide bonds. The van der Waals surface area contributed by atoms with Gasteiger partial charge < -0.3 is 0 Å². The van der Waals surface area contributed by atoms with Crippen molar-refractivity contribution in [2.24, 2.45) is 0 Å². The third-order valence-electron chi connectivity index (χ3n) is 6.95. The Balaban J connectivity index is 1.75. The zero-order valence-corrected chi connectivity index (χ0v) is 20.0. The van der Waals surface area contributed by atoms with Gasteiger partial charge >= 0.3 is 0 Å². The van der Waals surface area contributed by atoms with Crippen LogP contribution in [0, 0.1) is 0 Å². The molecule has 4 rings (SSSR count). The van der Waals surface area contributed by atoms with Crippen LogP contribution < -0.4 is 0 Å². The Morgan fingerprint density at radius 3 is 2.17 bits per heavy atom. The predicted molar refractivity (Wildman–Crippen MR) is 131 cm³/mol. The number of fused-ring (bicyclic) bond motifs is 1. The van der Waals surface area contributed by atoms with Gasteiger partial charge in [-0.3, -0.25) is 0 Å². The van der Waals surface area contributed by atoms with E-state index < -0.39 is 8.07 Å². The van der Waals surface area contributed by atoms with Gasteiger partial charge in [0.2, 0.25) is 0 Å². The summed E-state index contributed by atoms with van der Waals surface area (Å²) in [5.74, 6) is 0. The first-order valence-electron chi connectivity index (χ1n) is 10.9. The minimum Gasteiger partial charge on any atom is -0.0800 e. The SMILES string of the molecule is CC1=CC([Si](C)(C)C2C(C)=Cc3c(-c4ccc(C(C)(C)C)cc4)cccc32)C=C1. The van der Waals surface area contributed by atoms with Gasteiger partial charge in [-0.25, -0.2) is 0 Å². The molecule has 0 aliphatic heterocycles. The molecular formula is C28H34Si. The molecule has 2 aromatic rings. The lowest BCUT2D eigenvalue weighted by atomic mass is 9.86. The second kappa shape index (κ2) is 6.99. The van der Waals surface area contributed by atoms with Gasteiger partial charge in [-0.2, -0.15) is 0 Å². The number of rotatable bonds is 3. The summed E-state index contributed by atoms with van der Waals surface area (Å²) < 4.78 is 0. The Bertz CT molecular complexity index is 1020.